The molecular formula is C25H29NO7S. The molecule has 2 aliphatic rings. The van der Waals surface area contributed by atoms with Gasteiger partial charge in [0, 0.05) is 17.7 Å². The average Bonchev–Trinajstić information content (AvgIpc) is 3.56. The smallest absolute Gasteiger partial charge is 0.223 e. The lowest BCUT2D eigenvalue weighted by atomic mass is 9.95. The summed E-state index contributed by atoms with van der Waals surface area (Å²) in [5.74, 6) is 1.53. The largest absolute Gasteiger partial charge is 0.493 e. The Morgan fingerprint density at radius 3 is 2.29 bits per heavy atom. The lowest BCUT2D eigenvalue weighted by Crippen LogP contribution is -2.30. The molecule has 0 saturated heterocycles. The number of carbonyl (C=O) groups excluding carboxylic acids is 1. The maximum absolute atomic E-state index is 13.0. The van der Waals surface area contributed by atoms with Crippen molar-refractivity contribution >= 4 is 15.7 Å². The van der Waals surface area contributed by atoms with E-state index in [1.165, 1.54) is 33.5 Å². The lowest BCUT2D eigenvalue weighted by Gasteiger charge is -2.20. The van der Waals surface area contributed by atoms with Gasteiger partial charge in [-0.05, 0) is 60.1 Å². The molecule has 0 radical (unpaired) electrons. The standard InChI is InChI=1S/C25H29NO7S/c1-13-10-16(13)25(28)26-18-8-6-14-11-20(31-2)23(32-3)24(33-4)22(14)15-7-9-21(34(5,29)30)19(27)12-17(15)18/h7,9,11-13,16,18H,6,8,10H2,1-5H3,(H,26,28)/t13?,16?,18-/m0/s1. The minimum Gasteiger partial charge on any atom is -0.493 e. The number of carbonyl (C=O) groups is 1. The number of benzene rings is 1. The monoisotopic (exact) mass is 487 g/mol. The average molecular weight is 488 g/mol. The van der Waals surface area contributed by atoms with Gasteiger partial charge in [-0.2, -0.15) is 0 Å². The zero-order valence-electron chi connectivity index (χ0n) is 19.9. The minimum absolute atomic E-state index is 0.0421. The van der Waals surface area contributed by atoms with E-state index in [-0.39, 0.29) is 16.7 Å². The topological polar surface area (TPSA) is 108 Å². The summed E-state index contributed by atoms with van der Waals surface area (Å²) in [6.45, 7) is 2.03. The zero-order valence-corrected chi connectivity index (χ0v) is 20.7. The normalized spacial score (nSPS) is 20.9. The Kier molecular flexibility index (Phi) is 6.33. The van der Waals surface area contributed by atoms with Crippen LogP contribution in [-0.4, -0.2) is 41.9 Å². The third-order valence-corrected chi connectivity index (χ3v) is 7.80. The number of aryl methyl sites for hydroxylation is 1. The summed E-state index contributed by atoms with van der Waals surface area (Å²) >= 11 is 0. The van der Waals surface area contributed by atoms with Gasteiger partial charge in [-0.3, -0.25) is 9.59 Å². The molecule has 0 aromatic heterocycles. The number of sulfone groups is 1. The summed E-state index contributed by atoms with van der Waals surface area (Å²) in [6, 6.07) is 5.65. The van der Waals surface area contributed by atoms with E-state index >= 15 is 0 Å². The van der Waals surface area contributed by atoms with Crippen molar-refractivity contribution in [2.75, 3.05) is 27.6 Å². The van der Waals surface area contributed by atoms with Gasteiger partial charge in [0.15, 0.2) is 26.8 Å². The fourth-order valence-electron chi connectivity index (χ4n) is 4.72. The molecule has 1 saturated carbocycles. The van der Waals surface area contributed by atoms with E-state index in [0.717, 1.165) is 18.2 Å². The van der Waals surface area contributed by atoms with Crippen LogP contribution in [0.2, 0.25) is 0 Å². The molecule has 2 aromatic carbocycles. The van der Waals surface area contributed by atoms with Crippen LogP contribution in [0.3, 0.4) is 0 Å². The van der Waals surface area contributed by atoms with Crippen LogP contribution in [0, 0.1) is 11.8 Å². The summed E-state index contributed by atoms with van der Waals surface area (Å²) in [7, 11) is 0.799. The van der Waals surface area contributed by atoms with Crippen molar-refractivity contribution in [2.45, 2.75) is 37.1 Å². The highest BCUT2D eigenvalue weighted by molar-refractivity contribution is 7.90. The first-order chi connectivity index (χ1) is 16.1. The van der Waals surface area contributed by atoms with Crippen LogP contribution in [0.4, 0.5) is 0 Å². The molecule has 4 rings (SSSR count). The van der Waals surface area contributed by atoms with Gasteiger partial charge in [0.25, 0.3) is 0 Å². The van der Waals surface area contributed by atoms with Gasteiger partial charge < -0.3 is 19.5 Å². The number of rotatable bonds is 6. The van der Waals surface area contributed by atoms with Crippen LogP contribution < -0.4 is 25.0 Å². The number of hydrogen-bond donors (Lipinski definition) is 1. The Morgan fingerprint density at radius 1 is 1.06 bits per heavy atom. The third kappa shape index (κ3) is 4.24. The molecule has 2 aromatic rings. The van der Waals surface area contributed by atoms with E-state index in [2.05, 4.69) is 5.32 Å². The van der Waals surface area contributed by atoms with E-state index in [1.807, 2.05) is 13.0 Å². The van der Waals surface area contributed by atoms with Crippen molar-refractivity contribution in [1.82, 2.24) is 5.32 Å². The van der Waals surface area contributed by atoms with E-state index in [9.17, 15) is 18.0 Å². The molecular weight excluding hydrogens is 458 g/mol. The maximum Gasteiger partial charge on any atom is 0.223 e. The number of nitrogens with one attached hydrogen (secondary N) is 1. The minimum atomic E-state index is -3.76. The first-order valence-electron chi connectivity index (χ1n) is 11.1. The van der Waals surface area contributed by atoms with Gasteiger partial charge in [-0.25, -0.2) is 8.42 Å². The van der Waals surface area contributed by atoms with Crippen molar-refractivity contribution in [3.05, 3.63) is 45.6 Å². The molecule has 1 N–H and O–H groups in total. The Morgan fingerprint density at radius 2 is 1.74 bits per heavy atom. The molecule has 2 aliphatic carbocycles. The predicted molar refractivity (Wildman–Crippen MR) is 127 cm³/mol. The van der Waals surface area contributed by atoms with Gasteiger partial charge >= 0.3 is 0 Å². The molecule has 9 heteroatoms. The van der Waals surface area contributed by atoms with E-state index in [4.69, 9.17) is 14.2 Å². The molecule has 0 spiro atoms. The van der Waals surface area contributed by atoms with Gasteiger partial charge in [-0.15, -0.1) is 0 Å². The van der Waals surface area contributed by atoms with Crippen molar-refractivity contribution < 1.29 is 27.4 Å². The summed E-state index contributed by atoms with van der Waals surface area (Å²) in [5.41, 5.74) is 2.09. The molecule has 34 heavy (non-hydrogen) atoms. The molecule has 0 aliphatic heterocycles. The van der Waals surface area contributed by atoms with Gasteiger partial charge in [0.05, 0.1) is 27.4 Å². The van der Waals surface area contributed by atoms with Crippen molar-refractivity contribution in [3.63, 3.8) is 0 Å². The number of amides is 1. The number of hydrogen-bond acceptors (Lipinski definition) is 7. The SMILES string of the molecule is COc1cc2c(c(OC)c1OC)-c1ccc(S(C)(=O)=O)c(=O)cc1[C@@H](NC(=O)C1CC1C)CC2. The summed E-state index contributed by atoms with van der Waals surface area (Å²) in [4.78, 5) is 25.5. The van der Waals surface area contributed by atoms with Crippen molar-refractivity contribution in [2.24, 2.45) is 11.8 Å². The summed E-state index contributed by atoms with van der Waals surface area (Å²) in [6.07, 6.45) is 2.93. The lowest BCUT2D eigenvalue weighted by molar-refractivity contribution is -0.123. The van der Waals surface area contributed by atoms with Gasteiger partial charge in [0.1, 0.15) is 4.90 Å². The van der Waals surface area contributed by atoms with Crippen molar-refractivity contribution in [1.29, 1.82) is 0 Å². The van der Waals surface area contributed by atoms with Crippen LogP contribution in [-0.2, 0) is 21.1 Å². The second kappa shape index (κ2) is 8.94. The molecule has 0 bridgehead atoms. The fourth-order valence-corrected chi connectivity index (χ4v) is 5.46. The van der Waals surface area contributed by atoms with Crippen LogP contribution in [0.25, 0.3) is 11.1 Å². The second-order valence-electron chi connectivity index (χ2n) is 8.95. The molecule has 0 heterocycles. The Labute approximate surface area is 199 Å². The number of ether oxygens (including phenoxy) is 3. The molecule has 182 valence electrons. The first-order valence-corrected chi connectivity index (χ1v) is 13.0. The van der Waals surface area contributed by atoms with Crippen LogP contribution in [0.5, 0.6) is 17.2 Å². The predicted octanol–water partition coefficient (Wildman–Crippen LogP) is 2.90. The first kappa shape index (κ1) is 24.1. The molecule has 2 unspecified atom stereocenters. The van der Waals surface area contributed by atoms with Gasteiger partial charge in [0.2, 0.25) is 11.7 Å². The van der Waals surface area contributed by atoms with E-state index < -0.39 is 21.3 Å². The Bertz CT molecular complexity index is 1320. The fraction of sp³-hybridized carbons (Fsp3) is 0.440. The maximum atomic E-state index is 13.0. The van der Waals surface area contributed by atoms with Crippen LogP contribution in [0.15, 0.2) is 34.0 Å². The van der Waals surface area contributed by atoms with Gasteiger partial charge in [-0.1, -0.05) is 13.0 Å². The molecule has 8 nitrogen and oxygen atoms in total. The summed E-state index contributed by atoms with van der Waals surface area (Å²) < 4.78 is 41.4. The highest BCUT2D eigenvalue weighted by atomic mass is 32.2. The third-order valence-electron chi connectivity index (χ3n) is 6.66. The quantitative estimate of drug-likeness (QED) is 0.667. The Balaban J connectivity index is 2.01. The van der Waals surface area contributed by atoms with Crippen LogP contribution in [0.1, 0.15) is 36.9 Å². The summed E-state index contributed by atoms with van der Waals surface area (Å²) in [5, 5.41) is 3.11. The Hall–Kier alpha value is -3.07. The molecule has 1 amide bonds. The highest BCUT2D eigenvalue weighted by Gasteiger charge is 2.40. The molecule has 3 atom stereocenters. The number of methoxy groups -OCH3 is 3. The van der Waals surface area contributed by atoms with Crippen molar-refractivity contribution in [3.8, 4) is 28.4 Å². The second-order valence-corrected chi connectivity index (χ2v) is 10.9. The van der Waals surface area contributed by atoms with E-state index in [1.54, 1.807) is 6.07 Å². The van der Waals surface area contributed by atoms with Crippen LogP contribution >= 0.6 is 0 Å². The zero-order chi connectivity index (χ0) is 24.8. The molecule has 1 fully saturated rings. The number of fused-ring (bicyclic) bond motifs is 3. The highest BCUT2D eigenvalue weighted by Crippen LogP contribution is 2.50. The van der Waals surface area contributed by atoms with E-state index in [0.29, 0.717) is 52.7 Å².